The van der Waals surface area contributed by atoms with Crippen LogP contribution in [-0.4, -0.2) is 44.7 Å². The second kappa shape index (κ2) is 9.86. The van der Waals surface area contributed by atoms with Crippen LogP contribution in [0.1, 0.15) is 42.9 Å². The third-order valence-corrected chi connectivity index (χ3v) is 7.18. The number of pyridine rings is 1. The molecule has 1 amide bonds. The van der Waals surface area contributed by atoms with E-state index < -0.39 is 29.1 Å². The van der Waals surface area contributed by atoms with Crippen LogP contribution < -0.4 is 16.6 Å². The lowest BCUT2D eigenvalue weighted by atomic mass is 10.1. The maximum absolute atomic E-state index is 14.0. The lowest BCUT2D eigenvalue weighted by Crippen LogP contribution is -2.40. The fourth-order valence-electron chi connectivity index (χ4n) is 4.18. The number of fused-ring (bicyclic) bond motifs is 1. The average Bonchev–Trinajstić information content (AvgIpc) is 3.64. The van der Waals surface area contributed by atoms with Gasteiger partial charge in [0, 0.05) is 49.3 Å². The molecule has 0 aliphatic rings. The molecule has 16 heteroatoms. The Kier molecular flexibility index (Phi) is 6.65. The summed E-state index contributed by atoms with van der Waals surface area (Å²) in [5.74, 6) is -2.97. The monoisotopic (exact) mass is 571 g/mol. The van der Waals surface area contributed by atoms with Crippen LogP contribution in [0.5, 0.6) is 0 Å². The van der Waals surface area contributed by atoms with Crippen LogP contribution in [0.4, 0.5) is 14.6 Å². The molecule has 0 saturated heterocycles. The molecular weight excluding hydrogens is 548 g/mol. The SMILES string of the molecule is Cc1nc(Cn2c(=O)c3c(ncn3[C@@H](C)C(=O)Nc3csc(-c4cnc(C)c(C(C)(F)F)c4)n3)n(C)c2=O)no1. The molecule has 0 saturated carbocycles. The van der Waals surface area contributed by atoms with Crippen molar-refractivity contribution in [2.24, 2.45) is 7.05 Å². The van der Waals surface area contributed by atoms with Crippen LogP contribution >= 0.6 is 11.3 Å². The first-order chi connectivity index (χ1) is 18.8. The molecule has 208 valence electrons. The Morgan fingerprint density at radius 3 is 2.65 bits per heavy atom. The quantitative estimate of drug-likeness (QED) is 0.310. The van der Waals surface area contributed by atoms with Crippen molar-refractivity contribution < 1.29 is 18.1 Å². The van der Waals surface area contributed by atoms with Crippen molar-refractivity contribution in [3.63, 3.8) is 0 Å². The number of hydrogen-bond acceptors (Lipinski definition) is 10. The third-order valence-electron chi connectivity index (χ3n) is 6.29. The molecule has 5 aromatic heterocycles. The minimum Gasteiger partial charge on any atom is -0.340 e. The Hall–Kier alpha value is -4.60. The number of alkyl halides is 2. The molecule has 5 aromatic rings. The van der Waals surface area contributed by atoms with Crippen LogP contribution in [-0.2, 0) is 24.3 Å². The summed E-state index contributed by atoms with van der Waals surface area (Å²) in [6.07, 6.45) is 2.75. The van der Waals surface area contributed by atoms with Gasteiger partial charge in [0.05, 0.1) is 12.9 Å². The van der Waals surface area contributed by atoms with Crippen molar-refractivity contribution in [3.8, 4) is 10.6 Å². The molecule has 5 rings (SSSR count). The third kappa shape index (κ3) is 4.81. The summed E-state index contributed by atoms with van der Waals surface area (Å²) in [7, 11) is 1.46. The van der Waals surface area contributed by atoms with Crippen molar-refractivity contribution in [1.29, 1.82) is 0 Å². The standard InChI is InChI=1S/C24H23F2N9O4S/c1-11-15(24(4,25)26)6-14(7-27-11)21-31-17(9-40-21)30-20(36)12(2)35-10-28-19-18(35)22(37)34(23(38)33(19)5)8-16-29-13(3)39-32-16/h6-7,9-10,12H,8H2,1-5H3,(H,30,36)/t12-/m0/s1. The number of carbonyl (C=O) groups excluding carboxylic acids is 1. The van der Waals surface area contributed by atoms with E-state index in [-0.39, 0.29) is 46.5 Å². The Morgan fingerprint density at radius 2 is 1.98 bits per heavy atom. The largest absolute Gasteiger partial charge is 0.340 e. The average molecular weight is 572 g/mol. The predicted octanol–water partition coefficient (Wildman–Crippen LogP) is 2.77. The van der Waals surface area contributed by atoms with E-state index in [1.54, 1.807) is 19.2 Å². The Bertz CT molecular complexity index is 1880. The highest BCUT2D eigenvalue weighted by Gasteiger charge is 2.28. The predicted molar refractivity (Wildman–Crippen MR) is 140 cm³/mol. The molecule has 1 N–H and O–H groups in total. The number of anilines is 1. The van der Waals surface area contributed by atoms with Crippen LogP contribution in [0, 0.1) is 13.8 Å². The molecule has 0 unspecified atom stereocenters. The molecular formula is C24H23F2N9O4S. The summed E-state index contributed by atoms with van der Waals surface area (Å²) in [5.41, 5.74) is -0.785. The van der Waals surface area contributed by atoms with Gasteiger partial charge in [0.25, 0.3) is 11.5 Å². The number of aryl methyl sites for hydroxylation is 3. The number of nitrogens with zero attached hydrogens (tertiary/aromatic N) is 8. The highest BCUT2D eigenvalue weighted by molar-refractivity contribution is 7.13. The number of halogens is 2. The zero-order chi connectivity index (χ0) is 28.9. The van der Waals surface area contributed by atoms with E-state index in [4.69, 9.17) is 4.52 Å². The zero-order valence-corrected chi connectivity index (χ0v) is 22.8. The smallest absolute Gasteiger partial charge is 0.332 e. The van der Waals surface area contributed by atoms with Gasteiger partial charge in [-0.25, -0.2) is 23.5 Å². The first kappa shape index (κ1) is 27.0. The number of nitrogens with one attached hydrogen (secondary N) is 1. The van der Waals surface area contributed by atoms with E-state index in [9.17, 15) is 23.2 Å². The minimum absolute atomic E-state index is 0.0303. The maximum Gasteiger partial charge on any atom is 0.332 e. The maximum atomic E-state index is 14.0. The molecule has 0 bridgehead atoms. The molecule has 0 aromatic carbocycles. The molecule has 40 heavy (non-hydrogen) atoms. The second-order valence-electron chi connectivity index (χ2n) is 9.24. The van der Waals surface area contributed by atoms with Gasteiger partial charge in [0.15, 0.2) is 17.0 Å². The minimum atomic E-state index is -3.07. The van der Waals surface area contributed by atoms with Gasteiger partial charge >= 0.3 is 5.69 Å². The van der Waals surface area contributed by atoms with E-state index in [2.05, 4.69) is 30.4 Å². The lowest BCUT2D eigenvalue weighted by Gasteiger charge is -2.14. The number of carbonyl (C=O) groups is 1. The molecule has 0 aliphatic heterocycles. The number of amides is 1. The normalized spacial score (nSPS) is 12.7. The van der Waals surface area contributed by atoms with Gasteiger partial charge in [-0.15, -0.1) is 11.3 Å². The van der Waals surface area contributed by atoms with E-state index in [1.807, 2.05) is 0 Å². The van der Waals surface area contributed by atoms with Gasteiger partial charge in [-0.05, 0) is 19.9 Å². The summed E-state index contributed by atoms with van der Waals surface area (Å²) in [5, 5.41) is 8.38. The summed E-state index contributed by atoms with van der Waals surface area (Å²) in [4.78, 5) is 56.0. The van der Waals surface area contributed by atoms with Gasteiger partial charge in [0.1, 0.15) is 16.9 Å². The molecule has 0 radical (unpaired) electrons. The van der Waals surface area contributed by atoms with Gasteiger partial charge in [0.2, 0.25) is 11.8 Å². The molecule has 0 spiro atoms. The summed E-state index contributed by atoms with van der Waals surface area (Å²) in [6.45, 7) is 5.21. The highest BCUT2D eigenvalue weighted by atomic mass is 32.1. The summed E-state index contributed by atoms with van der Waals surface area (Å²) in [6, 6.07) is 0.394. The number of thiazole rings is 1. The van der Waals surface area contributed by atoms with Crippen LogP contribution in [0.25, 0.3) is 21.7 Å². The van der Waals surface area contributed by atoms with Gasteiger partial charge in [-0.2, -0.15) is 4.98 Å². The van der Waals surface area contributed by atoms with E-state index >= 15 is 0 Å². The fraction of sp³-hybridized carbons (Fsp3) is 0.333. The number of hydrogen-bond donors (Lipinski definition) is 1. The van der Waals surface area contributed by atoms with E-state index in [1.165, 1.54) is 41.7 Å². The van der Waals surface area contributed by atoms with Crippen molar-refractivity contribution in [2.45, 2.75) is 46.2 Å². The highest BCUT2D eigenvalue weighted by Crippen LogP contribution is 2.33. The fourth-order valence-corrected chi connectivity index (χ4v) is 4.92. The number of aromatic nitrogens is 8. The van der Waals surface area contributed by atoms with Gasteiger partial charge < -0.3 is 14.4 Å². The van der Waals surface area contributed by atoms with Gasteiger partial charge in [-0.3, -0.25) is 23.7 Å². The van der Waals surface area contributed by atoms with Crippen molar-refractivity contribution >= 4 is 34.2 Å². The van der Waals surface area contributed by atoms with Crippen LogP contribution in [0.15, 0.2) is 38.1 Å². The van der Waals surface area contributed by atoms with Crippen molar-refractivity contribution in [3.05, 3.63) is 67.8 Å². The Balaban J connectivity index is 1.43. The molecule has 0 aliphatic carbocycles. The second-order valence-corrected chi connectivity index (χ2v) is 10.1. The van der Waals surface area contributed by atoms with E-state index in [0.717, 1.165) is 22.8 Å². The first-order valence-corrected chi connectivity index (χ1v) is 12.8. The van der Waals surface area contributed by atoms with Crippen molar-refractivity contribution in [1.82, 2.24) is 38.8 Å². The zero-order valence-electron chi connectivity index (χ0n) is 22.0. The Morgan fingerprint density at radius 1 is 1.23 bits per heavy atom. The molecule has 0 fully saturated rings. The lowest BCUT2D eigenvalue weighted by molar-refractivity contribution is -0.118. The summed E-state index contributed by atoms with van der Waals surface area (Å²) >= 11 is 1.15. The van der Waals surface area contributed by atoms with Crippen molar-refractivity contribution in [2.75, 3.05) is 5.32 Å². The molecule has 1 atom stereocenters. The first-order valence-electron chi connectivity index (χ1n) is 11.9. The van der Waals surface area contributed by atoms with Crippen LogP contribution in [0.3, 0.4) is 0 Å². The van der Waals surface area contributed by atoms with E-state index in [0.29, 0.717) is 10.6 Å². The molecule has 5 heterocycles. The topological polar surface area (TPSA) is 156 Å². The number of rotatable bonds is 7. The molecule has 13 nitrogen and oxygen atoms in total. The van der Waals surface area contributed by atoms with Crippen LogP contribution in [0.2, 0.25) is 0 Å². The Labute approximate surface area is 228 Å². The number of imidazole rings is 1. The van der Waals surface area contributed by atoms with Gasteiger partial charge in [-0.1, -0.05) is 5.16 Å². The summed E-state index contributed by atoms with van der Waals surface area (Å²) < 4.78 is 36.3.